The highest BCUT2D eigenvalue weighted by Crippen LogP contribution is 2.47. The van der Waals surface area contributed by atoms with E-state index in [-0.39, 0.29) is 0 Å². The number of para-hydroxylation sites is 1. The van der Waals surface area contributed by atoms with Crippen molar-refractivity contribution in [1.29, 1.82) is 0 Å². The lowest BCUT2D eigenvalue weighted by molar-refractivity contribution is 0.669. The average Bonchev–Trinajstić information content (AvgIpc) is 3.45. The van der Waals surface area contributed by atoms with Crippen LogP contribution in [0.4, 0.5) is 0 Å². The quantitative estimate of drug-likeness (QED) is 0.201. The molecule has 0 aliphatic heterocycles. The van der Waals surface area contributed by atoms with Crippen LogP contribution in [0, 0.1) is 0 Å². The van der Waals surface area contributed by atoms with E-state index in [1.807, 2.05) is 12.1 Å². The van der Waals surface area contributed by atoms with E-state index in [1.54, 1.807) is 0 Å². The Hall–Kier alpha value is -5.66. The van der Waals surface area contributed by atoms with Gasteiger partial charge >= 0.3 is 0 Å². The Morgan fingerprint density at radius 2 is 0.767 bits per heavy atom. The number of furan rings is 1. The maximum Gasteiger partial charge on any atom is 0.135 e. The minimum Gasteiger partial charge on any atom is -0.456 e. The van der Waals surface area contributed by atoms with Gasteiger partial charge in [0.15, 0.2) is 0 Å². The predicted molar refractivity (Wildman–Crippen MR) is 183 cm³/mol. The number of hydrogen-bond donors (Lipinski definition) is 0. The summed E-state index contributed by atoms with van der Waals surface area (Å²) in [4.78, 5) is 0. The molecule has 0 radical (unpaired) electrons. The summed E-state index contributed by atoms with van der Waals surface area (Å²) in [5, 5.41) is 9.83. The summed E-state index contributed by atoms with van der Waals surface area (Å²) in [7, 11) is 0. The normalized spacial score (nSPS) is 11.7. The van der Waals surface area contributed by atoms with Gasteiger partial charge in [0.05, 0.1) is 0 Å². The van der Waals surface area contributed by atoms with Crippen LogP contribution in [0.25, 0.3) is 87.6 Å². The topological polar surface area (TPSA) is 13.1 Å². The standard InChI is InChI=1S/C42H26O/c1-2-12-27(13-3-1)29-23-24-37(31-15-5-4-14-30(29)31)42-35-19-8-6-17-33(35)41(34-18-7-9-20-36(34)42)28-22-25-40-38(26-28)32-16-10-11-21-39(32)43-40/h1-26H. The summed E-state index contributed by atoms with van der Waals surface area (Å²) in [5.41, 5.74) is 9.31. The van der Waals surface area contributed by atoms with Crippen molar-refractivity contribution >= 4 is 54.3 Å². The molecule has 9 rings (SSSR count). The number of benzene rings is 8. The molecule has 43 heavy (non-hydrogen) atoms. The predicted octanol–water partition coefficient (Wildman–Crippen LogP) is 12.0. The lowest BCUT2D eigenvalue weighted by atomic mass is 9.83. The Kier molecular flexibility index (Phi) is 5.27. The second kappa shape index (κ2) is 9.44. The third-order valence-electron chi connectivity index (χ3n) is 8.88. The van der Waals surface area contributed by atoms with E-state index in [2.05, 4.69) is 146 Å². The van der Waals surface area contributed by atoms with Gasteiger partial charge in [0, 0.05) is 10.8 Å². The first kappa shape index (κ1) is 24.0. The van der Waals surface area contributed by atoms with Crippen LogP contribution in [-0.4, -0.2) is 0 Å². The Bertz CT molecular complexity index is 2440. The summed E-state index contributed by atoms with van der Waals surface area (Å²) in [6.07, 6.45) is 0. The van der Waals surface area contributed by atoms with Crippen LogP contribution >= 0.6 is 0 Å². The van der Waals surface area contributed by atoms with Crippen molar-refractivity contribution < 1.29 is 4.42 Å². The second-order valence-electron chi connectivity index (χ2n) is 11.2. The van der Waals surface area contributed by atoms with Crippen LogP contribution in [0.15, 0.2) is 162 Å². The first-order valence-electron chi connectivity index (χ1n) is 14.8. The molecule has 1 heterocycles. The van der Waals surface area contributed by atoms with Gasteiger partial charge in [-0.25, -0.2) is 0 Å². The lowest BCUT2D eigenvalue weighted by Gasteiger charge is -2.19. The molecule has 1 heteroatoms. The fourth-order valence-electron chi connectivity index (χ4n) is 7.00. The molecule has 0 atom stereocenters. The lowest BCUT2D eigenvalue weighted by Crippen LogP contribution is -1.92. The van der Waals surface area contributed by atoms with E-state index in [9.17, 15) is 0 Å². The van der Waals surface area contributed by atoms with Gasteiger partial charge in [-0.05, 0) is 83.9 Å². The zero-order valence-electron chi connectivity index (χ0n) is 23.4. The van der Waals surface area contributed by atoms with Gasteiger partial charge in [-0.2, -0.15) is 0 Å². The molecule has 0 fully saturated rings. The maximum absolute atomic E-state index is 6.18. The minimum atomic E-state index is 0.917. The number of fused-ring (bicyclic) bond motifs is 6. The summed E-state index contributed by atoms with van der Waals surface area (Å²) in [5.74, 6) is 0. The zero-order valence-corrected chi connectivity index (χ0v) is 23.4. The Morgan fingerprint density at radius 3 is 1.44 bits per heavy atom. The van der Waals surface area contributed by atoms with Gasteiger partial charge in [0.2, 0.25) is 0 Å². The summed E-state index contributed by atoms with van der Waals surface area (Å²) < 4.78 is 6.18. The maximum atomic E-state index is 6.18. The molecule has 0 saturated carbocycles. The van der Waals surface area contributed by atoms with Crippen LogP contribution in [0.1, 0.15) is 0 Å². The van der Waals surface area contributed by atoms with E-state index in [0.29, 0.717) is 0 Å². The summed E-state index contributed by atoms with van der Waals surface area (Å²) >= 11 is 0. The van der Waals surface area contributed by atoms with Crippen LogP contribution < -0.4 is 0 Å². The van der Waals surface area contributed by atoms with Gasteiger partial charge in [-0.1, -0.05) is 140 Å². The average molecular weight is 547 g/mol. The Balaban J connectivity index is 1.37. The van der Waals surface area contributed by atoms with Crippen LogP contribution in [0.2, 0.25) is 0 Å². The van der Waals surface area contributed by atoms with Crippen molar-refractivity contribution in [2.24, 2.45) is 0 Å². The number of rotatable bonds is 3. The monoisotopic (exact) mass is 546 g/mol. The van der Waals surface area contributed by atoms with Crippen molar-refractivity contribution in [2.75, 3.05) is 0 Å². The third kappa shape index (κ3) is 3.65. The van der Waals surface area contributed by atoms with Crippen LogP contribution in [0.5, 0.6) is 0 Å². The van der Waals surface area contributed by atoms with Gasteiger partial charge in [-0.3, -0.25) is 0 Å². The van der Waals surface area contributed by atoms with Crippen LogP contribution in [0.3, 0.4) is 0 Å². The fourth-order valence-corrected chi connectivity index (χ4v) is 7.00. The van der Waals surface area contributed by atoms with Gasteiger partial charge in [-0.15, -0.1) is 0 Å². The molecule has 0 spiro atoms. The van der Waals surface area contributed by atoms with E-state index >= 15 is 0 Å². The van der Waals surface area contributed by atoms with Crippen molar-refractivity contribution in [3.8, 4) is 33.4 Å². The molecule has 0 N–H and O–H groups in total. The van der Waals surface area contributed by atoms with E-state index in [1.165, 1.54) is 65.7 Å². The van der Waals surface area contributed by atoms with E-state index < -0.39 is 0 Å². The molecule has 0 bridgehead atoms. The van der Waals surface area contributed by atoms with Crippen molar-refractivity contribution in [3.05, 3.63) is 158 Å². The highest BCUT2D eigenvalue weighted by Gasteiger charge is 2.19. The SMILES string of the molecule is c1ccc(-c2ccc(-c3c4ccccc4c(-c4ccc5oc6ccccc6c5c4)c4ccccc34)c3ccccc23)cc1. The first-order chi connectivity index (χ1) is 21.3. The molecule has 0 amide bonds. The molecule has 0 unspecified atom stereocenters. The minimum absolute atomic E-state index is 0.917. The highest BCUT2D eigenvalue weighted by atomic mass is 16.3. The molecule has 0 aliphatic carbocycles. The molecule has 8 aromatic carbocycles. The molecule has 0 aliphatic rings. The fraction of sp³-hybridized carbons (Fsp3) is 0. The molecule has 1 aromatic heterocycles. The van der Waals surface area contributed by atoms with Crippen LogP contribution in [-0.2, 0) is 0 Å². The summed E-state index contributed by atoms with van der Waals surface area (Å²) in [6.45, 7) is 0. The summed E-state index contributed by atoms with van der Waals surface area (Å²) in [6, 6.07) is 56.8. The third-order valence-corrected chi connectivity index (χ3v) is 8.88. The molecular formula is C42H26O. The van der Waals surface area contributed by atoms with Gasteiger partial charge < -0.3 is 4.42 Å². The molecule has 1 nitrogen and oxygen atoms in total. The molecular weight excluding hydrogens is 520 g/mol. The van der Waals surface area contributed by atoms with Crippen molar-refractivity contribution in [3.63, 3.8) is 0 Å². The zero-order chi connectivity index (χ0) is 28.3. The largest absolute Gasteiger partial charge is 0.456 e. The highest BCUT2D eigenvalue weighted by molar-refractivity contribution is 6.24. The molecule has 9 aromatic rings. The Morgan fingerprint density at radius 1 is 0.279 bits per heavy atom. The van der Waals surface area contributed by atoms with E-state index in [4.69, 9.17) is 4.42 Å². The molecule has 0 saturated heterocycles. The smallest absolute Gasteiger partial charge is 0.135 e. The second-order valence-corrected chi connectivity index (χ2v) is 11.2. The van der Waals surface area contributed by atoms with Crippen molar-refractivity contribution in [2.45, 2.75) is 0 Å². The van der Waals surface area contributed by atoms with Gasteiger partial charge in [0.1, 0.15) is 11.2 Å². The van der Waals surface area contributed by atoms with Gasteiger partial charge in [0.25, 0.3) is 0 Å². The number of hydrogen-bond acceptors (Lipinski definition) is 1. The Labute approximate surface area is 249 Å². The van der Waals surface area contributed by atoms with E-state index in [0.717, 1.165) is 21.9 Å². The first-order valence-corrected chi connectivity index (χ1v) is 14.8. The van der Waals surface area contributed by atoms with Crippen molar-refractivity contribution in [1.82, 2.24) is 0 Å². The molecule has 200 valence electrons.